The van der Waals surface area contributed by atoms with Crippen LogP contribution in [0.1, 0.15) is 39.7 Å². The molecule has 2 rings (SSSR count). The Balaban J connectivity index is 1.99. The fourth-order valence-corrected chi connectivity index (χ4v) is 6.42. The molecule has 0 radical (unpaired) electrons. The minimum atomic E-state index is -3.65. The Morgan fingerprint density at radius 1 is 0.848 bits per heavy atom. The zero-order valence-electron chi connectivity index (χ0n) is 19.7. The third-order valence-corrected chi connectivity index (χ3v) is 8.23. The number of sulfone groups is 1. The molecule has 0 saturated heterocycles. The van der Waals surface area contributed by atoms with Gasteiger partial charge in [-0.05, 0) is 41.7 Å². The number of nitrogens with zero attached hydrogens (tertiary/aromatic N) is 1. The second-order valence-electron chi connectivity index (χ2n) is 9.01. The number of hydrogen-bond acceptors (Lipinski definition) is 5. The van der Waals surface area contributed by atoms with Crippen LogP contribution in [-0.2, 0) is 30.4 Å². The standard InChI is InChI=1S/C24H34N2O5S2/c1-19(2)16-26(17-20(3)4)33(30,31)23-12-10-22(11-13-23)25-24(27)14-15-32(28,29)18-21-8-6-5-7-9-21/h5-13,19-20H,14-18H2,1-4H3,(H,25,27). The summed E-state index contributed by atoms with van der Waals surface area (Å²) in [4.78, 5) is 12.4. The van der Waals surface area contributed by atoms with Gasteiger partial charge in [-0.1, -0.05) is 58.0 Å². The van der Waals surface area contributed by atoms with Crippen LogP contribution in [0.5, 0.6) is 0 Å². The predicted molar refractivity (Wildman–Crippen MR) is 132 cm³/mol. The molecule has 9 heteroatoms. The van der Waals surface area contributed by atoms with Crippen LogP contribution in [-0.4, -0.2) is 45.9 Å². The van der Waals surface area contributed by atoms with Gasteiger partial charge in [-0.3, -0.25) is 4.79 Å². The van der Waals surface area contributed by atoms with Gasteiger partial charge in [0.25, 0.3) is 0 Å². The molecule has 2 aromatic rings. The molecule has 0 fully saturated rings. The van der Waals surface area contributed by atoms with Gasteiger partial charge in [0.15, 0.2) is 9.84 Å². The van der Waals surface area contributed by atoms with Gasteiger partial charge in [-0.15, -0.1) is 0 Å². The van der Waals surface area contributed by atoms with Crippen molar-refractivity contribution in [2.24, 2.45) is 11.8 Å². The van der Waals surface area contributed by atoms with Crippen molar-refractivity contribution in [3.63, 3.8) is 0 Å². The van der Waals surface area contributed by atoms with E-state index in [9.17, 15) is 21.6 Å². The average Bonchev–Trinajstić information content (AvgIpc) is 2.72. The summed E-state index contributed by atoms with van der Waals surface area (Å²) in [7, 11) is -7.08. The fraction of sp³-hybridized carbons (Fsp3) is 0.458. The Morgan fingerprint density at radius 2 is 1.39 bits per heavy atom. The molecular weight excluding hydrogens is 460 g/mol. The van der Waals surface area contributed by atoms with E-state index in [1.807, 2.05) is 33.8 Å². The maximum atomic E-state index is 13.1. The predicted octanol–water partition coefficient (Wildman–Crippen LogP) is 3.93. The van der Waals surface area contributed by atoms with Crippen LogP contribution >= 0.6 is 0 Å². The Labute approximate surface area is 198 Å². The summed E-state index contributed by atoms with van der Waals surface area (Å²) in [5.74, 6) is -0.440. The van der Waals surface area contributed by atoms with Crippen LogP contribution in [0.15, 0.2) is 59.5 Å². The molecule has 2 aromatic carbocycles. The van der Waals surface area contributed by atoms with Gasteiger partial charge >= 0.3 is 0 Å². The summed E-state index contributed by atoms with van der Waals surface area (Å²) in [6.07, 6.45) is -0.175. The average molecular weight is 495 g/mol. The largest absolute Gasteiger partial charge is 0.326 e. The van der Waals surface area contributed by atoms with Gasteiger partial charge < -0.3 is 5.32 Å². The number of carbonyl (C=O) groups excluding carboxylic acids is 1. The third kappa shape index (κ3) is 8.91. The number of hydrogen-bond donors (Lipinski definition) is 1. The van der Waals surface area contributed by atoms with Crippen molar-refractivity contribution in [2.75, 3.05) is 24.2 Å². The van der Waals surface area contributed by atoms with Crippen molar-refractivity contribution >= 4 is 31.5 Å². The minimum Gasteiger partial charge on any atom is -0.326 e. The SMILES string of the molecule is CC(C)CN(CC(C)C)S(=O)(=O)c1ccc(NC(=O)CCS(=O)(=O)Cc2ccccc2)cc1. The molecule has 0 spiro atoms. The van der Waals surface area contributed by atoms with Crippen LogP contribution in [0.3, 0.4) is 0 Å². The van der Waals surface area contributed by atoms with Crippen molar-refractivity contribution in [2.45, 2.75) is 44.8 Å². The molecule has 1 N–H and O–H groups in total. The Hall–Kier alpha value is -2.23. The molecule has 0 atom stereocenters. The van der Waals surface area contributed by atoms with E-state index in [0.29, 0.717) is 24.3 Å². The maximum absolute atomic E-state index is 13.1. The first kappa shape index (κ1) is 27.0. The molecule has 182 valence electrons. The first-order valence-corrected chi connectivity index (χ1v) is 14.3. The molecule has 1 amide bonds. The molecule has 7 nitrogen and oxygen atoms in total. The first-order chi connectivity index (χ1) is 15.4. The Morgan fingerprint density at radius 3 is 1.91 bits per heavy atom. The monoisotopic (exact) mass is 494 g/mol. The Bertz CT molecular complexity index is 1100. The zero-order chi connectivity index (χ0) is 24.6. The van der Waals surface area contributed by atoms with Crippen molar-refractivity contribution in [3.05, 3.63) is 60.2 Å². The van der Waals surface area contributed by atoms with Crippen molar-refractivity contribution in [3.8, 4) is 0 Å². The molecule has 0 aliphatic rings. The molecule has 0 bridgehead atoms. The third-order valence-electron chi connectivity index (χ3n) is 4.78. The van der Waals surface area contributed by atoms with Gasteiger partial charge in [0.1, 0.15) is 0 Å². The van der Waals surface area contributed by atoms with Crippen molar-refractivity contribution in [1.29, 1.82) is 0 Å². The summed E-state index contributed by atoms with van der Waals surface area (Å²) in [6, 6.07) is 14.8. The highest BCUT2D eigenvalue weighted by Gasteiger charge is 2.26. The highest BCUT2D eigenvalue weighted by molar-refractivity contribution is 7.90. The van der Waals surface area contributed by atoms with Gasteiger partial charge in [-0.25, -0.2) is 16.8 Å². The lowest BCUT2D eigenvalue weighted by atomic mass is 10.2. The zero-order valence-corrected chi connectivity index (χ0v) is 21.3. The Kier molecular flexibility index (Phi) is 9.63. The molecular formula is C24H34N2O5S2. The minimum absolute atomic E-state index is 0.114. The summed E-state index contributed by atoms with van der Waals surface area (Å²) < 4.78 is 52.2. The topological polar surface area (TPSA) is 101 Å². The number of nitrogens with one attached hydrogen (secondary N) is 1. The maximum Gasteiger partial charge on any atom is 0.243 e. The van der Waals surface area contributed by atoms with Crippen molar-refractivity contribution < 1.29 is 21.6 Å². The van der Waals surface area contributed by atoms with Crippen LogP contribution in [0, 0.1) is 11.8 Å². The van der Waals surface area contributed by atoms with E-state index in [4.69, 9.17) is 0 Å². The van der Waals surface area contributed by atoms with E-state index in [0.717, 1.165) is 0 Å². The number of benzene rings is 2. The lowest BCUT2D eigenvalue weighted by Crippen LogP contribution is -2.37. The summed E-state index contributed by atoms with van der Waals surface area (Å²) in [6.45, 7) is 8.75. The molecule has 0 aromatic heterocycles. The smallest absolute Gasteiger partial charge is 0.243 e. The molecule has 0 heterocycles. The van der Waals surface area contributed by atoms with Crippen LogP contribution in [0.25, 0.3) is 0 Å². The van der Waals surface area contributed by atoms with Gasteiger partial charge in [0, 0.05) is 25.2 Å². The van der Waals surface area contributed by atoms with Crippen LogP contribution < -0.4 is 5.32 Å². The van der Waals surface area contributed by atoms with Gasteiger partial charge in [0.2, 0.25) is 15.9 Å². The lowest BCUT2D eigenvalue weighted by molar-refractivity contribution is -0.115. The molecule has 0 saturated carbocycles. The molecule has 0 aliphatic carbocycles. The number of amides is 1. The van der Waals surface area contributed by atoms with E-state index < -0.39 is 25.8 Å². The number of anilines is 1. The molecule has 0 unspecified atom stereocenters. The van der Waals surface area contributed by atoms with E-state index in [1.165, 1.54) is 28.6 Å². The summed E-state index contributed by atoms with van der Waals surface area (Å²) in [5, 5.41) is 2.64. The quantitative estimate of drug-likeness (QED) is 0.482. The second-order valence-corrected chi connectivity index (χ2v) is 13.1. The van der Waals surface area contributed by atoms with Crippen LogP contribution in [0.4, 0.5) is 5.69 Å². The fourth-order valence-electron chi connectivity index (χ4n) is 3.32. The molecule has 33 heavy (non-hydrogen) atoms. The van der Waals surface area contributed by atoms with E-state index in [2.05, 4.69) is 5.32 Å². The number of sulfonamides is 1. The van der Waals surface area contributed by atoms with Crippen molar-refractivity contribution in [1.82, 2.24) is 4.31 Å². The second kappa shape index (κ2) is 11.8. The van der Waals surface area contributed by atoms with Gasteiger partial charge in [0.05, 0.1) is 16.4 Å². The highest BCUT2D eigenvalue weighted by atomic mass is 32.2. The van der Waals surface area contributed by atoms with E-state index in [1.54, 1.807) is 24.3 Å². The van der Waals surface area contributed by atoms with Crippen LogP contribution in [0.2, 0.25) is 0 Å². The molecule has 0 aliphatic heterocycles. The van der Waals surface area contributed by atoms with E-state index in [-0.39, 0.29) is 34.7 Å². The lowest BCUT2D eigenvalue weighted by Gasteiger charge is -2.25. The normalized spacial score (nSPS) is 12.5. The van der Waals surface area contributed by atoms with Gasteiger partial charge in [-0.2, -0.15) is 4.31 Å². The summed E-state index contributed by atoms with van der Waals surface area (Å²) in [5.41, 5.74) is 1.09. The first-order valence-electron chi connectivity index (χ1n) is 11.0. The van der Waals surface area contributed by atoms with E-state index >= 15 is 0 Å². The number of rotatable bonds is 12. The number of carbonyl (C=O) groups is 1. The highest BCUT2D eigenvalue weighted by Crippen LogP contribution is 2.21. The summed E-state index contributed by atoms with van der Waals surface area (Å²) >= 11 is 0.